The average Bonchev–Trinajstić information content (AvgIpc) is 2.98. The van der Waals surface area contributed by atoms with Crippen LogP contribution in [0.2, 0.25) is 0 Å². The van der Waals surface area contributed by atoms with Gasteiger partial charge in [0.05, 0.1) is 5.92 Å². The van der Waals surface area contributed by atoms with Crippen LogP contribution in [0, 0.1) is 5.92 Å². The summed E-state index contributed by atoms with van der Waals surface area (Å²) >= 11 is 0. The van der Waals surface area contributed by atoms with Crippen LogP contribution < -0.4 is 10.2 Å². The molecule has 0 saturated carbocycles. The van der Waals surface area contributed by atoms with Gasteiger partial charge in [0.25, 0.3) is 0 Å². The monoisotopic (exact) mass is 351 g/mol. The maximum Gasteiger partial charge on any atom is 0.225 e. The number of amides is 1. The van der Waals surface area contributed by atoms with Gasteiger partial charge < -0.3 is 10.2 Å². The van der Waals surface area contributed by atoms with Crippen molar-refractivity contribution in [2.24, 2.45) is 5.92 Å². The number of aromatic nitrogens is 2. The molecule has 0 radical (unpaired) electrons. The number of para-hydroxylation sites is 1. The average molecular weight is 351 g/mol. The largest absolute Gasteiger partial charge is 0.366 e. The Kier molecular flexibility index (Phi) is 5.11. The first-order valence-corrected chi connectivity index (χ1v) is 9.37. The Morgan fingerprint density at radius 2 is 1.81 bits per heavy atom. The van der Waals surface area contributed by atoms with E-state index in [1.807, 2.05) is 18.5 Å². The molecule has 2 aliphatic heterocycles. The number of nitrogens with one attached hydrogen (secondary N) is 1. The number of likely N-dealkylation sites (tertiary alicyclic amines) is 1. The van der Waals surface area contributed by atoms with Crippen LogP contribution in [0.25, 0.3) is 0 Å². The molecule has 2 aromatic rings. The molecule has 2 saturated heterocycles. The smallest absolute Gasteiger partial charge is 0.225 e. The molecular formula is C20H25N5O. The van der Waals surface area contributed by atoms with E-state index in [0.717, 1.165) is 44.6 Å². The zero-order chi connectivity index (χ0) is 17.8. The van der Waals surface area contributed by atoms with Crippen molar-refractivity contribution in [1.29, 1.82) is 0 Å². The van der Waals surface area contributed by atoms with Crippen LogP contribution in [0.5, 0.6) is 0 Å². The van der Waals surface area contributed by atoms with E-state index >= 15 is 0 Å². The summed E-state index contributed by atoms with van der Waals surface area (Å²) in [7, 11) is 0. The number of nitrogens with zero attached hydrogens (tertiary/aromatic N) is 4. The first-order chi connectivity index (χ1) is 12.8. The lowest BCUT2D eigenvalue weighted by Crippen LogP contribution is -2.42. The van der Waals surface area contributed by atoms with Crippen molar-refractivity contribution in [3.05, 3.63) is 54.6 Å². The predicted octanol–water partition coefficient (Wildman–Crippen LogP) is 1.69. The molecule has 2 atom stereocenters. The maximum atomic E-state index is 12.7. The van der Waals surface area contributed by atoms with Crippen molar-refractivity contribution in [3.63, 3.8) is 0 Å². The molecule has 0 aliphatic carbocycles. The Balaban J connectivity index is 1.53. The molecule has 1 amide bonds. The molecule has 0 spiro atoms. The van der Waals surface area contributed by atoms with Crippen molar-refractivity contribution < 1.29 is 4.79 Å². The van der Waals surface area contributed by atoms with E-state index in [9.17, 15) is 4.79 Å². The highest BCUT2D eigenvalue weighted by Crippen LogP contribution is 2.29. The number of hydrogen-bond donors (Lipinski definition) is 1. The van der Waals surface area contributed by atoms with E-state index in [-0.39, 0.29) is 17.9 Å². The standard InChI is InChI=1S/C20H25N5O/c26-20-18-6-9-24(14-16-12-21-15-22-13-16)10-7-19(18)25(11-8-23-20)17-4-2-1-3-5-17/h1-5,12-13,15,18-19H,6-11,14H2,(H,23,26)/t18-,19+/m1/s1. The van der Waals surface area contributed by atoms with Gasteiger partial charge in [0.15, 0.2) is 0 Å². The van der Waals surface area contributed by atoms with Crippen molar-refractivity contribution in [1.82, 2.24) is 20.2 Å². The maximum absolute atomic E-state index is 12.7. The SMILES string of the molecule is O=C1NCCN(c2ccccc2)[C@H]2CCN(Cc3cncnc3)CC[C@@H]12. The third-order valence-electron chi connectivity index (χ3n) is 5.46. The summed E-state index contributed by atoms with van der Waals surface area (Å²) in [5.74, 6) is 0.244. The quantitative estimate of drug-likeness (QED) is 0.912. The third kappa shape index (κ3) is 3.70. The number of fused-ring (bicyclic) bond motifs is 1. The van der Waals surface area contributed by atoms with Gasteiger partial charge in [-0.2, -0.15) is 0 Å². The van der Waals surface area contributed by atoms with Gasteiger partial charge in [0, 0.05) is 55.9 Å². The zero-order valence-electron chi connectivity index (χ0n) is 14.9. The van der Waals surface area contributed by atoms with Crippen molar-refractivity contribution in [2.45, 2.75) is 25.4 Å². The fourth-order valence-electron chi connectivity index (χ4n) is 4.19. The Morgan fingerprint density at radius 3 is 2.62 bits per heavy atom. The molecule has 0 bridgehead atoms. The second-order valence-corrected chi connectivity index (χ2v) is 7.09. The number of carbonyl (C=O) groups is 1. The summed E-state index contributed by atoms with van der Waals surface area (Å²) in [6, 6.07) is 10.7. The summed E-state index contributed by atoms with van der Waals surface area (Å²) in [5, 5.41) is 3.12. The van der Waals surface area contributed by atoms with E-state index in [1.54, 1.807) is 6.33 Å². The third-order valence-corrected chi connectivity index (χ3v) is 5.46. The summed E-state index contributed by atoms with van der Waals surface area (Å²) in [6.07, 6.45) is 7.18. The molecule has 1 aromatic carbocycles. The zero-order valence-corrected chi connectivity index (χ0v) is 14.9. The number of hydrogen-bond acceptors (Lipinski definition) is 5. The number of anilines is 1. The minimum absolute atomic E-state index is 0.0368. The molecule has 136 valence electrons. The summed E-state index contributed by atoms with van der Waals surface area (Å²) in [4.78, 5) is 25.7. The predicted molar refractivity (Wildman–Crippen MR) is 101 cm³/mol. The minimum atomic E-state index is 0.0368. The van der Waals surface area contributed by atoms with Gasteiger partial charge in [-0.05, 0) is 31.5 Å². The number of benzene rings is 1. The van der Waals surface area contributed by atoms with Crippen molar-refractivity contribution in [2.75, 3.05) is 31.1 Å². The van der Waals surface area contributed by atoms with Gasteiger partial charge in [0.1, 0.15) is 6.33 Å². The van der Waals surface area contributed by atoms with E-state index < -0.39 is 0 Å². The fraction of sp³-hybridized carbons (Fsp3) is 0.450. The van der Waals surface area contributed by atoms with Gasteiger partial charge >= 0.3 is 0 Å². The highest BCUT2D eigenvalue weighted by Gasteiger charge is 2.37. The number of carbonyl (C=O) groups excluding carboxylic acids is 1. The highest BCUT2D eigenvalue weighted by molar-refractivity contribution is 5.80. The van der Waals surface area contributed by atoms with E-state index in [0.29, 0.717) is 6.54 Å². The Labute approximate surface area is 154 Å². The van der Waals surface area contributed by atoms with E-state index in [1.165, 1.54) is 5.69 Å². The highest BCUT2D eigenvalue weighted by atomic mass is 16.2. The second kappa shape index (κ2) is 7.83. The van der Waals surface area contributed by atoms with Gasteiger partial charge in [-0.25, -0.2) is 9.97 Å². The molecule has 6 heteroatoms. The molecule has 2 aliphatic rings. The lowest BCUT2D eigenvalue weighted by Gasteiger charge is -2.34. The van der Waals surface area contributed by atoms with Crippen LogP contribution >= 0.6 is 0 Å². The minimum Gasteiger partial charge on any atom is -0.366 e. The second-order valence-electron chi connectivity index (χ2n) is 7.09. The topological polar surface area (TPSA) is 61.4 Å². The first-order valence-electron chi connectivity index (χ1n) is 9.37. The molecule has 2 fully saturated rings. The Morgan fingerprint density at radius 1 is 1.04 bits per heavy atom. The summed E-state index contributed by atoms with van der Waals surface area (Å²) in [5.41, 5.74) is 2.34. The van der Waals surface area contributed by atoms with E-state index in [2.05, 4.69) is 49.4 Å². The molecule has 1 aromatic heterocycles. The molecule has 6 nitrogen and oxygen atoms in total. The van der Waals surface area contributed by atoms with Crippen LogP contribution in [-0.4, -0.2) is 53.0 Å². The normalized spacial score (nSPS) is 24.3. The Bertz CT molecular complexity index is 723. The molecular weight excluding hydrogens is 326 g/mol. The lowest BCUT2D eigenvalue weighted by atomic mass is 9.92. The summed E-state index contributed by atoms with van der Waals surface area (Å²) in [6.45, 7) is 4.32. The van der Waals surface area contributed by atoms with Gasteiger partial charge in [0.2, 0.25) is 5.91 Å². The Hall–Kier alpha value is -2.47. The van der Waals surface area contributed by atoms with Crippen LogP contribution in [0.4, 0.5) is 5.69 Å². The van der Waals surface area contributed by atoms with E-state index in [4.69, 9.17) is 0 Å². The lowest BCUT2D eigenvalue weighted by molar-refractivity contribution is -0.125. The van der Waals surface area contributed by atoms with Crippen LogP contribution in [0.1, 0.15) is 18.4 Å². The van der Waals surface area contributed by atoms with Crippen LogP contribution in [0.15, 0.2) is 49.1 Å². The van der Waals surface area contributed by atoms with Gasteiger partial charge in [-0.3, -0.25) is 9.69 Å². The van der Waals surface area contributed by atoms with Crippen molar-refractivity contribution in [3.8, 4) is 0 Å². The van der Waals surface area contributed by atoms with Gasteiger partial charge in [-0.1, -0.05) is 18.2 Å². The molecule has 3 heterocycles. The van der Waals surface area contributed by atoms with Gasteiger partial charge in [-0.15, -0.1) is 0 Å². The molecule has 4 rings (SSSR count). The summed E-state index contributed by atoms with van der Waals surface area (Å²) < 4.78 is 0. The molecule has 26 heavy (non-hydrogen) atoms. The fourth-order valence-corrected chi connectivity index (χ4v) is 4.19. The van der Waals surface area contributed by atoms with Crippen LogP contribution in [0.3, 0.4) is 0 Å². The first kappa shape index (κ1) is 17.0. The van der Waals surface area contributed by atoms with Crippen LogP contribution in [-0.2, 0) is 11.3 Å². The molecule has 0 unspecified atom stereocenters. The van der Waals surface area contributed by atoms with Crippen molar-refractivity contribution >= 4 is 11.6 Å². The molecule has 1 N–H and O–H groups in total. The number of rotatable bonds is 3.